The van der Waals surface area contributed by atoms with Crippen LogP contribution in [0.15, 0.2) is 42.6 Å². The Morgan fingerprint density at radius 1 is 1.23 bits per heavy atom. The van der Waals surface area contributed by atoms with Crippen molar-refractivity contribution in [2.24, 2.45) is 0 Å². The van der Waals surface area contributed by atoms with E-state index in [4.69, 9.17) is 10.00 Å². The molecule has 0 saturated carbocycles. The van der Waals surface area contributed by atoms with Crippen LogP contribution in [0.3, 0.4) is 0 Å². The molecule has 0 aliphatic carbocycles. The van der Waals surface area contributed by atoms with E-state index >= 15 is 0 Å². The predicted molar refractivity (Wildman–Crippen MR) is 117 cm³/mol. The van der Waals surface area contributed by atoms with Gasteiger partial charge in [0.05, 0.1) is 29.9 Å². The molecule has 31 heavy (non-hydrogen) atoms. The van der Waals surface area contributed by atoms with E-state index < -0.39 is 18.0 Å². The number of amides is 1. The third-order valence-electron chi connectivity index (χ3n) is 4.88. The SMILES string of the molecule is Cc1nc2c(cnn2C(C)C)cc1C(=O)O[C@@H](C)C(=O)N(CCC#N)c1ccccc1. The molecule has 0 aliphatic rings. The van der Waals surface area contributed by atoms with Crippen molar-refractivity contribution in [1.82, 2.24) is 14.8 Å². The first kappa shape index (κ1) is 22.0. The molecule has 0 saturated heterocycles. The number of fused-ring (bicyclic) bond motifs is 1. The molecule has 8 nitrogen and oxygen atoms in total. The fourth-order valence-electron chi connectivity index (χ4n) is 3.28. The molecular formula is C23H25N5O3. The zero-order valence-corrected chi connectivity index (χ0v) is 18.1. The Bertz CT molecular complexity index is 1130. The van der Waals surface area contributed by atoms with Gasteiger partial charge in [0.1, 0.15) is 0 Å². The Kier molecular flexibility index (Phi) is 6.65. The summed E-state index contributed by atoms with van der Waals surface area (Å²) in [6.07, 6.45) is 0.799. The normalized spacial score (nSPS) is 11.9. The maximum absolute atomic E-state index is 13.0. The van der Waals surface area contributed by atoms with E-state index in [2.05, 4.69) is 10.1 Å². The number of aryl methyl sites for hydroxylation is 1. The van der Waals surface area contributed by atoms with Gasteiger partial charge in [0, 0.05) is 23.7 Å². The van der Waals surface area contributed by atoms with Crippen LogP contribution in [0.25, 0.3) is 11.0 Å². The maximum Gasteiger partial charge on any atom is 0.340 e. The van der Waals surface area contributed by atoms with Crippen molar-refractivity contribution in [3.8, 4) is 6.07 Å². The first-order valence-corrected chi connectivity index (χ1v) is 10.1. The number of carbonyl (C=O) groups excluding carboxylic acids is 2. The molecule has 0 N–H and O–H groups in total. The highest BCUT2D eigenvalue weighted by Gasteiger charge is 2.26. The van der Waals surface area contributed by atoms with Crippen molar-refractivity contribution in [2.75, 3.05) is 11.4 Å². The van der Waals surface area contributed by atoms with Crippen LogP contribution in [0.4, 0.5) is 5.69 Å². The van der Waals surface area contributed by atoms with Crippen LogP contribution in [0.2, 0.25) is 0 Å². The average molecular weight is 419 g/mol. The minimum Gasteiger partial charge on any atom is -0.449 e. The molecule has 2 heterocycles. The quantitative estimate of drug-likeness (QED) is 0.540. The van der Waals surface area contributed by atoms with Gasteiger partial charge in [0.15, 0.2) is 11.8 Å². The van der Waals surface area contributed by atoms with Crippen LogP contribution >= 0.6 is 0 Å². The molecule has 1 amide bonds. The molecule has 0 fully saturated rings. The van der Waals surface area contributed by atoms with Gasteiger partial charge < -0.3 is 9.64 Å². The maximum atomic E-state index is 13.0. The number of carbonyl (C=O) groups is 2. The van der Waals surface area contributed by atoms with Gasteiger partial charge in [0.25, 0.3) is 5.91 Å². The van der Waals surface area contributed by atoms with E-state index in [1.54, 1.807) is 48.1 Å². The topological polar surface area (TPSA) is 101 Å². The van der Waals surface area contributed by atoms with Crippen LogP contribution in [-0.2, 0) is 9.53 Å². The number of esters is 1. The Morgan fingerprint density at radius 2 is 1.94 bits per heavy atom. The summed E-state index contributed by atoms with van der Waals surface area (Å²) in [6.45, 7) is 7.47. The summed E-state index contributed by atoms with van der Waals surface area (Å²) in [5, 5.41) is 14.0. The van der Waals surface area contributed by atoms with Crippen molar-refractivity contribution in [3.05, 3.63) is 53.9 Å². The minimum atomic E-state index is -1.03. The lowest BCUT2D eigenvalue weighted by atomic mass is 10.1. The number of hydrogen-bond donors (Lipinski definition) is 0. The summed E-state index contributed by atoms with van der Waals surface area (Å²) in [6, 6.07) is 12.9. The third-order valence-corrected chi connectivity index (χ3v) is 4.88. The molecular weight excluding hydrogens is 394 g/mol. The van der Waals surface area contributed by atoms with Gasteiger partial charge in [-0.25, -0.2) is 14.5 Å². The average Bonchev–Trinajstić information content (AvgIpc) is 3.16. The molecule has 3 aromatic rings. The molecule has 3 rings (SSSR count). The zero-order valence-electron chi connectivity index (χ0n) is 18.1. The van der Waals surface area contributed by atoms with Crippen LogP contribution in [-0.4, -0.2) is 39.3 Å². The minimum absolute atomic E-state index is 0.136. The van der Waals surface area contributed by atoms with Crippen molar-refractivity contribution in [2.45, 2.75) is 46.3 Å². The summed E-state index contributed by atoms with van der Waals surface area (Å²) in [4.78, 5) is 31.8. The number of aromatic nitrogens is 3. The van der Waals surface area contributed by atoms with Crippen LogP contribution in [0.1, 0.15) is 49.3 Å². The molecule has 0 radical (unpaired) electrons. The Labute approximate surface area is 181 Å². The standard InChI is InChI=1S/C23H25N5O3/c1-15(2)28-21-18(14-25-28)13-20(16(3)26-21)23(30)31-17(4)22(29)27(12-8-11-24)19-9-6-5-7-10-19/h5-7,9-10,13-15,17H,8,12H2,1-4H3/t17-/m0/s1. The highest BCUT2D eigenvalue weighted by Crippen LogP contribution is 2.21. The van der Waals surface area contributed by atoms with Crippen molar-refractivity contribution >= 4 is 28.6 Å². The molecule has 0 bridgehead atoms. The summed E-state index contributed by atoms with van der Waals surface area (Å²) in [5.41, 5.74) is 2.13. The van der Waals surface area contributed by atoms with Gasteiger partial charge in [-0.1, -0.05) is 18.2 Å². The number of rotatable bonds is 7. The molecule has 0 unspecified atom stereocenters. The first-order chi connectivity index (χ1) is 14.8. The number of ether oxygens (including phenoxy) is 1. The Morgan fingerprint density at radius 3 is 2.58 bits per heavy atom. The molecule has 8 heteroatoms. The van der Waals surface area contributed by atoms with Gasteiger partial charge in [-0.15, -0.1) is 0 Å². The predicted octanol–water partition coefficient (Wildman–Crippen LogP) is 3.81. The fraction of sp³-hybridized carbons (Fsp3) is 0.348. The Balaban J connectivity index is 1.81. The lowest BCUT2D eigenvalue weighted by Gasteiger charge is -2.25. The number of benzene rings is 1. The van der Waals surface area contributed by atoms with Gasteiger partial charge in [-0.3, -0.25) is 4.79 Å². The smallest absolute Gasteiger partial charge is 0.340 e. The molecule has 2 aromatic heterocycles. The number of para-hydroxylation sites is 1. The second-order valence-electron chi connectivity index (χ2n) is 7.50. The zero-order chi connectivity index (χ0) is 22.5. The lowest BCUT2D eigenvalue weighted by Crippen LogP contribution is -2.40. The number of nitriles is 1. The van der Waals surface area contributed by atoms with Gasteiger partial charge in [-0.05, 0) is 45.9 Å². The second-order valence-corrected chi connectivity index (χ2v) is 7.50. The highest BCUT2D eigenvalue weighted by molar-refractivity contribution is 6.00. The van der Waals surface area contributed by atoms with E-state index in [-0.39, 0.29) is 19.0 Å². The molecule has 160 valence electrons. The van der Waals surface area contributed by atoms with Crippen LogP contribution in [0.5, 0.6) is 0 Å². The van der Waals surface area contributed by atoms with E-state index in [1.807, 2.05) is 26.0 Å². The van der Waals surface area contributed by atoms with Crippen molar-refractivity contribution < 1.29 is 14.3 Å². The van der Waals surface area contributed by atoms with Gasteiger partial charge >= 0.3 is 5.97 Å². The number of nitrogens with zero attached hydrogens (tertiary/aromatic N) is 5. The van der Waals surface area contributed by atoms with Gasteiger partial charge in [0.2, 0.25) is 0 Å². The summed E-state index contributed by atoms with van der Waals surface area (Å²) >= 11 is 0. The van der Waals surface area contributed by atoms with Crippen LogP contribution < -0.4 is 4.90 Å². The monoisotopic (exact) mass is 419 g/mol. The van der Waals surface area contributed by atoms with Crippen LogP contribution in [0, 0.1) is 18.3 Å². The highest BCUT2D eigenvalue weighted by atomic mass is 16.5. The van der Waals surface area contributed by atoms with Crippen molar-refractivity contribution in [1.29, 1.82) is 5.26 Å². The first-order valence-electron chi connectivity index (χ1n) is 10.1. The Hall–Kier alpha value is -3.73. The number of pyridine rings is 1. The molecule has 0 spiro atoms. The van der Waals surface area contributed by atoms with Crippen molar-refractivity contribution in [3.63, 3.8) is 0 Å². The second kappa shape index (κ2) is 9.39. The molecule has 0 aliphatic heterocycles. The largest absolute Gasteiger partial charge is 0.449 e. The van der Waals surface area contributed by atoms with E-state index in [1.165, 1.54) is 11.8 Å². The lowest BCUT2D eigenvalue weighted by molar-refractivity contribution is -0.126. The molecule has 1 atom stereocenters. The number of anilines is 1. The van der Waals surface area contributed by atoms with E-state index in [9.17, 15) is 9.59 Å². The summed E-state index contributed by atoms with van der Waals surface area (Å²) < 4.78 is 7.27. The summed E-state index contributed by atoms with van der Waals surface area (Å²) in [5.74, 6) is -1.02. The third kappa shape index (κ3) is 4.72. The fourth-order valence-corrected chi connectivity index (χ4v) is 3.28. The number of hydrogen-bond acceptors (Lipinski definition) is 6. The summed E-state index contributed by atoms with van der Waals surface area (Å²) in [7, 11) is 0. The van der Waals surface area contributed by atoms with E-state index in [0.29, 0.717) is 22.6 Å². The van der Waals surface area contributed by atoms with E-state index in [0.717, 1.165) is 5.39 Å². The molecule has 1 aromatic carbocycles. The van der Waals surface area contributed by atoms with Gasteiger partial charge in [-0.2, -0.15) is 10.4 Å².